The smallest absolute Gasteiger partial charge is 0.244 e. The summed E-state index contributed by atoms with van der Waals surface area (Å²) < 4.78 is 27.3. The molecule has 2 amide bonds. The lowest BCUT2D eigenvalue weighted by molar-refractivity contribution is -0.140. The number of nitrogens with zero attached hydrogens (tertiary/aromatic N) is 2. The van der Waals surface area contributed by atoms with Crippen molar-refractivity contribution >= 4 is 55.1 Å². The van der Waals surface area contributed by atoms with E-state index in [1.165, 1.54) is 4.90 Å². The average Bonchev–Trinajstić information content (AvgIpc) is 2.90. The van der Waals surface area contributed by atoms with Crippen molar-refractivity contribution in [3.8, 4) is 0 Å². The topological polar surface area (TPSA) is 86.8 Å². The van der Waals surface area contributed by atoms with E-state index in [0.717, 1.165) is 34.5 Å². The molecule has 3 aromatic rings. The third-order valence-electron chi connectivity index (χ3n) is 6.14. The van der Waals surface area contributed by atoms with E-state index in [-0.39, 0.29) is 18.9 Å². The Morgan fingerprint density at radius 1 is 0.974 bits per heavy atom. The number of hydrogen-bond acceptors (Lipinski definition) is 4. The maximum Gasteiger partial charge on any atom is 0.244 e. The number of nitrogens with one attached hydrogen (secondary N) is 1. The number of anilines is 1. The monoisotopic (exact) mass is 633 g/mol. The first-order chi connectivity index (χ1) is 18.6. The van der Waals surface area contributed by atoms with Gasteiger partial charge in [0.2, 0.25) is 21.8 Å². The molecular formula is C29H33BrClN3O4S. The molecule has 3 aromatic carbocycles. The van der Waals surface area contributed by atoms with Gasteiger partial charge >= 0.3 is 0 Å². The van der Waals surface area contributed by atoms with Gasteiger partial charge in [0, 0.05) is 29.0 Å². The van der Waals surface area contributed by atoms with E-state index in [2.05, 4.69) is 21.2 Å². The van der Waals surface area contributed by atoms with Gasteiger partial charge in [-0.15, -0.1) is 0 Å². The molecule has 1 N–H and O–H groups in total. The largest absolute Gasteiger partial charge is 0.354 e. The van der Waals surface area contributed by atoms with E-state index in [0.29, 0.717) is 21.7 Å². The maximum atomic E-state index is 14.0. The molecule has 0 aliphatic carbocycles. The molecule has 10 heteroatoms. The molecule has 0 spiro atoms. The lowest BCUT2D eigenvalue weighted by Gasteiger charge is -2.33. The molecule has 0 radical (unpaired) electrons. The zero-order valence-electron chi connectivity index (χ0n) is 22.0. The molecule has 0 heterocycles. The zero-order chi connectivity index (χ0) is 28.4. The van der Waals surface area contributed by atoms with Gasteiger partial charge in [-0.1, -0.05) is 79.5 Å². The number of carbonyl (C=O) groups excluding carboxylic acids is 2. The standard InChI is InChI=1S/C29H33BrClN3O4S/c1-3-4-17-32-29(36)27(19-22-11-6-5-7-12-22)33(20-23-13-10-14-24(31)18-23)28(35)21-34(39(2,37)38)26-16-9-8-15-25(26)30/h5-16,18,27H,3-4,17,19-21H2,1-2H3,(H,32,36). The van der Waals surface area contributed by atoms with Crippen LogP contribution in [0.25, 0.3) is 0 Å². The predicted octanol–water partition coefficient (Wildman–Crippen LogP) is 5.42. The molecule has 0 bridgehead atoms. The summed E-state index contributed by atoms with van der Waals surface area (Å²) in [6, 6.07) is 22.4. The first kappa shape index (κ1) is 30.7. The molecule has 3 rings (SSSR count). The summed E-state index contributed by atoms with van der Waals surface area (Å²) in [6.45, 7) is 2.11. The zero-order valence-corrected chi connectivity index (χ0v) is 25.2. The Bertz CT molecular complexity index is 1370. The van der Waals surface area contributed by atoms with E-state index in [4.69, 9.17) is 11.6 Å². The van der Waals surface area contributed by atoms with Crippen molar-refractivity contribution in [2.24, 2.45) is 0 Å². The number of unbranched alkanes of at least 4 members (excludes halogenated alkanes) is 1. The van der Waals surface area contributed by atoms with E-state index in [1.807, 2.05) is 43.3 Å². The van der Waals surface area contributed by atoms with Crippen molar-refractivity contribution in [1.29, 1.82) is 0 Å². The minimum Gasteiger partial charge on any atom is -0.354 e. The molecule has 0 aromatic heterocycles. The molecule has 0 aliphatic heterocycles. The van der Waals surface area contributed by atoms with E-state index >= 15 is 0 Å². The molecule has 0 saturated carbocycles. The number of rotatable bonds is 13. The minimum absolute atomic E-state index is 0.0751. The number of benzene rings is 3. The van der Waals surface area contributed by atoms with Crippen molar-refractivity contribution in [3.05, 3.63) is 99.5 Å². The summed E-state index contributed by atoms with van der Waals surface area (Å²) in [5, 5.41) is 3.46. The van der Waals surface area contributed by atoms with Crippen molar-refractivity contribution in [2.75, 3.05) is 23.7 Å². The Balaban J connectivity index is 2.04. The van der Waals surface area contributed by atoms with Crippen LogP contribution in [0.3, 0.4) is 0 Å². The van der Waals surface area contributed by atoms with Gasteiger partial charge in [-0.3, -0.25) is 13.9 Å². The molecule has 0 saturated heterocycles. The fraction of sp³-hybridized carbons (Fsp3) is 0.310. The minimum atomic E-state index is -3.84. The summed E-state index contributed by atoms with van der Waals surface area (Å²) in [5.74, 6) is -0.808. The quantitative estimate of drug-likeness (QED) is 0.254. The SMILES string of the molecule is CCCCNC(=O)C(Cc1ccccc1)N(Cc1cccc(Cl)c1)C(=O)CN(c1ccccc1Br)S(C)(=O)=O. The molecule has 0 fully saturated rings. The summed E-state index contributed by atoms with van der Waals surface area (Å²) in [7, 11) is -3.84. The van der Waals surface area contributed by atoms with Crippen LogP contribution in [-0.4, -0.2) is 50.5 Å². The highest BCUT2D eigenvalue weighted by molar-refractivity contribution is 9.10. The highest BCUT2D eigenvalue weighted by atomic mass is 79.9. The van der Waals surface area contributed by atoms with Crippen LogP contribution >= 0.6 is 27.5 Å². The van der Waals surface area contributed by atoms with Crippen molar-refractivity contribution in [2.45, 2.75) is 38.8 Å². The Hall–Kier alpha value is -2.88. The molecule has 39 heavy (non-hydrogen) atoms. The second kappa shape index (κ2) is 14.5. The molecule has 0 aliphatic rings. The Kier molecular flexibility index (Phi) is 11.4. The second-order valence-electron chi connectivity index (χ2n) is 9.22. The maximum absolute atomic E-state index is 14.0. The first-order valence-corrected chi connectivity index (χ1v) is 15.7. The molecule has 208 valence electrons. The average molecular weight is 635 g/mol. The van der Waals surface area contributed by atoms with Crippen LogP contribution in [0, 0.1) is 0 Å². The van der Waals surface area contributed by atoms with Gasteiger partial charge < -0.3 is 10.2 Å². The van der Waals surface area contributed by atoms with Crippen molar-refractivity contribution < 1.29 is 18.0 Å². The van der Waals surface area contributed by atoms with Crippen LogP contribution in [0.15, 0.2) is 83.3 Å². The van der Waals surface area contributed by atoms with E-state index in [1.54, 1.807) is 42.5 Å². The van der Waals surface area contributed by atoms with Crippen molar-refractivity contribution in [3.63, 3.8) is 0 Å². The number of hydrogen-bond donors (Lipinski definition) is 1. The van der Waals surface area contributed by atoms with Crippen LogP contribution in [-0.2, 0) is 32.6 Å². The number of para-hydroxylation sites is 1. The number of halogens is 2. The van der Waals surface area contributed by atoms with Gasteiger partial charge in [-0.05, 0) is 57.7 Å². The highest BCUT2D eigenvalue weighted by Gasteiger charge is 2.33. The predicted molar refractivity (Wildman–Crippen MR) is 160 cm³/mol. The lowest BCUT2D eigenvalue weighted by Crippen LogP contribution is -2.53. The lowest BCUT2D eigenvalue weighted by atomic mass is 10.0. The van der Waals surface area contributed by atoms with E-state index in [9.17, 15) is 18.0 Å². The van der Waals surface area contributed by atoms with E-state index < -0.39 is 28.5 Å². The Labute approximate surface area is 244 Å². The summed E-state index contributed by atoms with van der Waals surface area (Å²) >= 11 is 9.63. The summed E-state index contributed by atoms with van der Waals surface area (Å²) in [4.78, 5) is 29.0. The number of carbonyl (C=O) groups is 2. The summed E-state index contributed by atoms with van der Waals surface area (Å²) in [6.07, 6.45) is 3.03. The fourth-order valence-electron chi connectivity index (χ4n) is 4.14. The molecule has 7 nitrogen and oxygen atoms in total. The number of sulfonamides is 1. The molecule has 1 atom stereocenters. The Morgan fingerprint density at radius 3 is 2.28 bits per heavy atom. The van der Waals surface area contributed by atoms with Crippen LogP contribution < -0.4 is 9.62 Å². The fourth-order valence-corrected chi connectivity index (χ4v) is 5.83. The third kappa shape index (κ3) is 9.08. The molecule has 1 unspecified atom stereocenters. The summed E-state index contributed by atoms with van der Waals surface area (Å²) in [5.41, 5.74) is 1.94. The Morgan fingerprint density at radius 2 is 1.64 bits per heavy atom. The van der Waals surface area contributed by atoms with Crippen LogP contribution in [0.1, 0.15) is 30.9 Å². The van der Waals surface area contributed by atoms with Gasteiger partial charge in [-0.25, -0.2) is 8.42 Å². The number of amides is 2. The van der Waals surface area contributed by atoms with Gasteiger partial charge in [0.1, 0.15) is 12.6 Å². The molecular weight excluding hydrogens is 602 g/mol. The third-order valence-corrected chi connectivity index (χ3v) is 8.18. The van der Waals surface area contributed by atoms with Crippen LogP contribution in [0.5, 0.6) is 0 Å². The first-order valence-electron chi connectivity index (χ1n) is 12.7. The van der Waals surface area contributed by atoms with Gasteiger partial charge in [0.05, 0.1) is 11.9 Å². The van der Waals surface area contributed by atoms with Gasteiger partial charge in [-0.2, -0.15) is 0 Å². The normalized spacial score (nSPS) is 12.0. The van der Waals surface area contributed by atoms with Gasteiger partial charge in [0.25, 0.3) is 0 Å². The highest BCUT2D eigenvalue weighted by Crippen LogP contribution is 2.28. The van der Waals surface area contributed by atoms with Crippen molar-refractivity contribution in [1.82, 2.24) is 10.2 Å². The second-order valence-corrected chi connectivity index (χ2v) is 12.4. The van der Waals surface area contributed by atoms with Gasteiger partial charge in [0.15, 0.2) is 0 Å². The van der Waals surface area contributed by atoms with Crippen LogP contribution in [0.4, 0.5) is 5.69 Å². The van der Waals surface area contributed by atoms with Crippen LogP contribution in [0.2, 0.25) is 5.02 Å².